The summed E-state index contributed by atoms with van der Waals surface area (Å²) in [5.74, 6) is 0. The molecule has 0 N–H and O–H groups in total. The Labute approximate surface area is 91.2 Å². The van der Waals surface area contributed by atoms with Crippen molar-refractivity contribution in [3.63, 3.8) is 0 Å². The summed E-state index contributed by atoms with van der Waals surface area (Å²) in [4.78, 5) is 19.7. The summed E-state index contributed by atoms with van der Waals surface area (Å²) in [5.41, 5.74) is 0. The van der Waals surface area contributed by atoms with Crippen LogP contribution in [0.2, 0.25) is 0 Å². The highest BCUT2D eigenvalue weighted by Gasteiger charge is 2.48. The van der Waals surface area contributed by atoms with Gasteiger partial charge >= 0.3 is 0 Å². The number of hydrogen-bond acceptors (Lipinski definition) is 4. The molecule has 0 saturated heterocycles. The van der Waals surface area contributed by atoms with Crippen molar-refractivity contribution < 1.29 is 9.85 Å². The number of hydrogen-bond donors (Lipinski definition) is 0. The van der Waals surface area contributed by atoms with E-state index in [9.17, 15) is 20.2 Å². The lowest BCUT2D eigenvalue weighted by Crippen LogP contribution is -2.39. The van der Waals surface area contributed by atoms with Gasteiger partial charge in [-0.15, -0.1) is 0 Å². The van der Waals surface area contributed by atoms with E-state index < -0.39 is 18.7 Å². The molecule has 2 unspecified atom stereocenters. The number of rotatable bonds is 4. The second-order valence-corrected chi connectivity index (χ2v) is 6.39. The first-order chi connectivity index (χ1) is 5.59. The van der Waals surface area contributed by atoms with Gasteiger partial charge in [0.05, 0.1) is 0 Å². The lowest BCUT2D eigenvalue weighted by Gasteiger charge is -2.19. The third-order valence-electron chi connectivity index (χ3n) is 1.41. The Hall–Kier alpha value is -0.240. The number of nitro groups is 2. The van der Waals surface area contributed by atoms with E-state index in [2.05, 4.69) is 31.9 Å². The van der Waals surface area contributed by atoms with Crippen LogP contribution in [0.3, 0.4) is 0 Å². The van der Waals surface area contributed by atoms with Gasteiger partial charge in [0.2, 0.25) is 0 Å². The minimum atomic E-state index is -1.49. The quantitative estimate of drug-likeness (QED) is 0.344. The Balaban J connectivity index is 4.61. The second-order valence-electron chi connectivity index (χ2n) is 2.98. The van der Waals surface area contributed by atoms with Crippen LogP contribution in [0.1, 0.15) is 20.3 Å². The van der Waals surface area contributed by atoms with Crippen molar-refractivity contribution in [3.8, 4) is 0 Å². The predicted octanol–water partition coefficient (Wildman–Crippen LogP) is 2.15. The van der Waals surface area contributed by atoms with Gasteiger partial charge in [-0.2, -0.15) is 0 Å². The Morgan fingerprint density at radius 2 is 1.31 bits per heavy atom. The van der Waals surface area contributed by atoms with Crippen LogP contribution in [0, 0.1) is 20.2 Å². The average molecular weight is 320 g/mol. The molecule has 0 amide bonds. The summed E-state index contributed by atoms with van der Waals surface area (Å²) >= 11 is 5.63. The van der Waals surface area contributed by atoms with Crippen molar-refractivity contribution in [1.29, 1.82) is 0 Å². The summed E-state index contributed by atoms with van der Waals surface area (Å²) < 4.78 is -2.98. The Bertz CT molecular complexity index is 217. The van der Waals surface area contributed by atoms with Crippen LogP contribution < -0.4 is 0 Å². The van der Waals surface area contributed by atoms with E-state index in [1.807, 2.05) is 0 Å². The predicted molar refractivity (Wildman–Crippen MR) is 53.3 cm³/mol. The third-order valence-corrected chi connectivity index (χ3v) is 2.55. The highest BCUT2D eigenvalue weighted by atomic mass is 79.9. The topological polar surface area (TPSA) is 86.3 Å². The molecule has 13 heavy (non-hydrogen) atoms. The van der Waals surface area contributed by atoms with E-state index in [-0.39, 0.29) is 6.42 Å². The van der Waals surface area contributed by atoms with Crippen molar-refractivity contribution in [2.75, 3.05) is 0 Å². The number of nitrogens with zero attached hydrogens (tertiary/aromatic N) is 2. The first-order valence-electron chi connectivity index (χ1n) is 3.26. The monoisotopic (exact) mass is 318 g/mol. The van der Waals surface area contributed by atoms with Crippen LogP contribution in [-0.2, 0) is 0 Å². The van der Waals surface area contributed by atoms with Gasteiger partial charge in [0.25, 0.3) is 8.90 Å². The van der Waals surface area contributed by atoms with E-state index in [4.69, 9.17) is 0 Å². The maximum absolute atomic E-state index is 10.4. The fraction of sp³-hybridized carbons (Fsp3) is 1.00. The van der Waals surface area contributed by atoms with Crippen LogP contribution in [0.5, 0.6) is 0 Å². The van der Waals surface area contributed by atoms with Gasteiger partial charge in [0, 0.05) is 55.6 Å². The molecule has 0 aliphatic carbocycles. The smallest absolute Gasteiger partial charge is 0.263 e. The van der Waals surface area contributed by atoms with Gasteiger partial charge in [-0.1, -0.05) is 0 Å². The Morgan fingerprint density at radius 1 is 1.08 bits per heavy atom. The van der Waals surface area contributed by atoms with Crippen molar-refractivity contribution in [2.45, 2.75) is 29.2 Å². The summed E-state index contributed by atoms with van der Waals surface area (Å²) in [7, 11) is 0. The van der Waals surface area contributed by atoms with Gasteiger partial charge in [-0.3, -0.25) is 20.2 Å². The van der Waals surface area contributed by atoms with Gasteiger partial charge in [0.15, 0.2) is 0 Å². The first kappa shape index (κ1) is 12.8. The minimum absolute atomic E-state index is 0.250. The Morgan fingerprint density at radius 3 is 1.46 bits per heavy atom. The van der Waals surface area contributed by atoms with Gasteiger partial charge < -0.3 is 0 Å². The number of alkyl halides is 2. The van der Waals surface area contributed by atoms with Crippen molar-refractivity contribution in [1.82, 2.24) is 0 Å². The van der Waals surface area contributed by atoms with Crippen molar-refractivity contribution in [3.05, 3.63) is 20.2 Å². The Kier molecular flexibility index (Phi) is 3.80. The summed E-state index contributed by atoms with van der Waals surface area (Å²) in [6.07, 6.45) is -0.250. The molecule has 0 rings (SSSR count). The fourth-order valence-electron chi connectivity index (χ4n) is 0.718. The van der Waals surface area contributed by atoms with E-state index in [0.29, 0.717) is 0 Å². The molecule has 0 heterocycles. The number of halogens is 2. The molecule has 0 bridgehead atoms. The lowest BCUT2D eigenvalue weighted by molar-refractivity contribution is -0.570. The molecule has 6 nitrogen and oxygen atoms in total. The summed E-state index contributed by atoms with van der Waals surface area (Å²) in [5, 5.41) is 20.9. The fourth-order valence-corrected chi connectivity index (χ4v) is 2.19. The highest BCUT2D eigenvalue weighted by molar-refractivity contribution is 9.10. The molecule has 0 aromatic carbocycles. The van der Waals surface area contributed by atoms with Crippen molar-refractivity contribution in [2.24, 2.45) is 0 Å². The maximum Gasteiger partial charge on any atom is 0.279 e. The van der Waals surface area contributed by atoms with Crippen LogP contribution in [-0.4, -0.2) is 18.7 Å². The van der Waals surface area contributed by atoms with E-state index in [0.717, 1.165) is 0 Å². The van der Waals surface area contributed by atoms with E-state index in [1.165, 1.54) is 13.8 Å². The second kappa shape index (κ2) is 3.87. The largest absolute Gasteiger partial charge is 0.279 e. The van der Waals surface area contributed by atoms with Crippen LogP contribution >= 0.6 is 31.9 Å². The molecular weight excluding hydrogens is 312 g/mol. The molecule has 0 aliphatic heterocycles. The van der Waals surface area contributed by atoms with Gasteiger partial charge in [-0.25, -0.2) is 0 Å². The van der Waals surface area contributed by atoms with Crippen molar-refractivity contribution >= 4 is 31.9 Å². The van der Waals surface area contributed by atoms with E-state index >= 15 is 0 Å². The molecule has 8 heteroatoms. The van der Waals surface area contributed by atoms with Gasteiger partial charge in [-0.05, 0) is 0 Å². The zero-order valence-electron chi connectivity index (χ0n) is 6.99. The third kappa shape index (κ3) is 3.55. The molecule has 76 valence electrons. The molecule has 0 aromatic heterocycles. The van der Waals surface area contributed by atoms with Crippen LogP contribution in [0.15, 0.2) is 0 Å². The molecular formula is C5H8Br2N2O4. The highest BCUT2D eigenvalue weighted by Crippen LogP contribution is 2.34. The van der Waals surface area contributed by atoms with Crippen LogP contribution in [0.4, 0.5) is 0 Å². The first-order valence-corrected chi connectivity index (χ1v) is 4.85. The average Bonchev–Trinajstić information content (AvgIpc) is 1.83. The van der Waals surface area contributed by atoms with E-state index in [1.54, 1.807) is 0 Å². The standard InChI is InChI=1S/C5H8Br2N2O4/c1-4(6,8(10)11)3-5(2,7)9(12)13/h3H2,1-2H3. The zero-order chi connectivity index (χ0) is 10.9. The summed E-state index contributed by atoms with van der Waals surface area (Å²) in [6.45, 7) is 2.55. The zero-order valence-corrected chi connectivity index (χ0v) is 10.2. The molecule has 0 spiro atoms. The molecule has 0 radical (unpaired) electrons. The molecule has 0 aromatic rings. The maximum atomic E-state index is 10.4. The minimum Gasteiger partial charge on any atom is -0.263 e. The summed E-state index contributed by atoms with van der Waals surface area (Å²) in [6, 6.07) is 0. The molecule has 2 atom stereocenters. The SMILES string of the molecule is CC(Br)(CC(C)(Br)[N+](=O)[O-])[N+](=O)[O-]. The van der Waals surface area contributed by atoms with Crippen LogP contribution in [0.25, 0.3) is 0 Å². The lowest BCUT2D eigenvalue weighted by atomic mass is 10.1. The molecule has 0 fully saturated rings. The normalized spacial score (nSPS) is 20.0. The van der Waals surface area contributed by atoms with Gasteiger partial charge in [0.1, 0.15) is 6.42 Å². The molecule has 0 aliphatic rings. The molecule has 0 saturated carbocycles.